The first-order valence-corrected chi connectivity index (χ1v) is 7.74. The van der Waals surface area contributed by atoms with Gasteiger partial charge in [0, 0.05) is 10.9 Å². The van der Waals surface area contributed by atoms with E-state index in [9.17, 15) is 8.60 Å². The molecule has 4 unspecified atom stereocenters. The predicted octanol–water partition coefficient (Wildman–Crippen LogP) is 2.84. The summed E-state index contributed by atoms with van der Waals surface area (Å²) in [6.07, 6.45) is 4.11. The van der Waals surface area contributed by atoms with Gasteiger partial charge in [-0.15, -0.1) is 0 Å². The standard InChI is InChI=1S/C14H20FNOS/c1-2-10-3-8-13(16)14(9-10)18(17)12-6-4-11(15)5-7-12/h4-7,10,13-14H,2-3,8-9,16H2,1H3. The van der Waals surface area contributed by atoms with Crippen LogP contribution in [0.3, 0.4) is 0 Å². The number of rotatable bonds is 3. The van der Waals surface area contributed by atoms with Crippen molar-refractivity contribution in [2.45, 2.75) is 48.8 Å². The molecule has 0 aromatic heterocycles. The van der Waals surface area contributed by atoms with E-state index in [1.165, 1.54) is 12.1 Å². The lowest BCUT2D eigenvalue weighted by molar-refractivity contribution is 0.324. The van der Waals surface area contributed by atoms with Gasteiger partial charge in [-0.2, -0.15) is 0 Å². The molecule has 2 N–H and O–H groups in total. The molecule has 1 saturated carbocycles. The summed E-state index contributed by atoms with van der Waals surface area (Å²) in [4.78, 5) is 0.689. The van der Waals surface area contributed by atoms with Gasteiger partial charge in [0.1, 0.15) is 5.82 Å². The predicted molar refractivity (Wildman–Crippen MR) is 72.2 cm³/mol. The second kappa shape index (κ2) is 5.93. The molecule has 1 aromatic rings. The van der Waals surface area contributed by atoms with Crippen molar-refractivity contribution in [1.29, 1.82) is 0 Å². The first-order valence-electron chi connectivity index (χ1n) is 6.53. The lowest BCUT2D eigenvalue weighted by Gasteiger charge is -2.33. The molecule has 0 heterocycles. The molecule has 4 atom stereocenters. The summed E-state index contributed by atoms with van der Waals surface area (Å²) in [6.45, 7) is 2.17. The van der Waals surface area contributed by atoms with E-state index in [0.29, 0.717) is 10.8 Å². The largest absolute Gasteiger partial charge is 0.327 e. The highest BCUT2D eigenvalue weighted by atomic mass is 32.2. The van der Waals surface area contributed by atoms with Crippen molar-refractivity contribution < 1.29 is 8.60 Å². The van der Waals surface area contributed by atoms with E-state index >= 15 is 0 Å². The van der Waals surface area contributed by atoms with Crippen LogP contribution in [0.4, 0.5) is 4.39 Å². The van der Waals surface area contributed by atoms with Crippen LogP contribution in [-0.2, 0) is 10.8 Å². The molecule has 2 rings (SSSR count). The molecule has 1 aromatic carbocycles. The van der Waals surface area contributed by atoms with E-state index in [0.717, 1.165) is 25.7 Å². The summed E-state index contributed by atoms with van der Waals surface area (Å²) in [7, 11) is -1.12. The second-order valence-corrected chi connectivity index (χ2v) is 6.71. The highest BCUT2D eigenvalue weighted by Gasteiger charge is 2.32. The van der Waals surface area contributed by atoms with Crippen LogP contribution in [0.15, 0.2) is 29.2 Å². The van der Waals surface area contributed by atoms with Crippen LogP contribution < -0.4 is 5.73 Å². The molecule has 0 aliphatic heterocycles. The fraction of sp³-hybridized carbons (Fsp3) is 0.571. The normalized spacial score (nSPS) is 30.1. The Labute approximate surface area is 110 Å². The van der Waals surface area contributed by atoms with Crippen LogP contribution in [0.25, 0.3) is 0 Å². The summed E-state index contributed by atoms with van der Waals surface area (Å²) in [5.74, 6) is 0.328. The number of hydrogen-bond donors (Lipinski definition) is 1. The van der Waals surface area contributed by atoms with Crippen molar-refractivity contribution in [3.05, 3.63) is 30.1 Å². The molecule has 0 saturated heterocycles. The minimum Gasteiger partial charge on any atom is -0.327 e. The van der Waals surface area contributed by atoms with Crippen LogP contribution >= 0.6 is 0 Å². The third-order valence-electron chi connectivity index (χ3n) is 3.85. The SMILES string of the molecule is CCC1CCC(N)C(S(=O)c2ccc(F)cc2)C1. The monoisotopic (exact) mass is 269 g/mol. The molecule has 1 aliphatic rings. The number of benzene rings is 1. The first kappa shape index (κ1) is 13.7. The van der Waals surface area contributed by atoms with Crippen molar-refractivity contribution in [1.82, 2.24) is 0 Å². The van der Waals surface area contributed by atoms with Gasteiger partial charge in [-0.25, -0.2) is 4.39 Å². The summed E-state index contributed by atoms with van der Waals surface area (Å²) < 4.78 is 25.4. The van der Waals surface area contributed by atoms with Crippen LogP contribution in [0.2, 0.25) is 0 Å². The zero-order valence-corrected chi connectivity index (χ0v) is 11.5. The van der Waals surface area contributed by atoms with Crippen LogP contribution in [0.1, 0.15) is 32.6 Å². The minimum absolute atomic E-state index is 0.00122. The smallest absolute Gasteiger partial charge is 0.123 e. The van der Waals surface area contributed by atoms with Gasteiger partial charge in [-0.3, -0.25) is 4.21 Å². The third kappa shape index (κ3) is 2.98. The maximum absolute atomic E-state index is 12.9. The fourth-order valence-electron chi connectivity index (χ4n) is 2.60. The molecule has 4 heteroatoms. The molecular formula is C14H20FNOS. The Morgan fingerprint density at radius 3 is 2.61 bits per heavy atom. The Balaban J connectivity index is 2.13. The molecule has 0 radical (unpaired) electrons. The van der Waals surface area contributed by atoms with Crippen molar-refractivity contribution in [3.8, 4) is 0 Å². The number of nitrogens with two attached hydrogens (primary N) is 1. The molecular weight excluding hydrogens is 249 g/mol. The highest BCUT2D eigenvalue weighted by molar-refractivity contribution is 7.85. The van der Waals surface area contributed by atoms with Crippen molar-refractivity contribution in [3.63, 3.8) is 0 Å². The maximum Gasteiger partial charge on any atom is 0.123 e. The minimum atomic E-state index is -1.12. The average Bonchev–Trinajstić information content (AvgIpc) is 2.39. The van der Waals surface area contributed by atoms with Crippen molar-refractivity contribution in [2.75, 3.05) is 0 Å². The van der Waals surface area contributed by atoms with Crippen LogP contribution in [-0.4, -0.2) is 15.5 Å². The Kier molecular flexibility index (Phi) is 4.51. The molecule has 1 fully saturated rings. The molecule has 0 bridgehead atoms. The van der Waals surface area contributed by atoms with E-state index in [1.54, 1.807) is 12.1 Å². The van der Waals surface area contributed by atoms with Gasteiger partial charge in [0.2, 0.25) is 0 Å². The van der Waals surface area contributed by atoms with Gasteiger partial charge in [0.15, 0.2) is 0 Å². The Bertz CT molecular complexity index is 420. The zero-order chi connectivity index (χ0) is 13.1. The maximum atomic E-state index is 12.9. The highest BCUT2D eigenvalue weighted by Crippen LogP contribution is 2.31. The van der Waals surface area contributed by atoms with E-state index in [4.69, 9.17) is 5.73 Å². The van der Waals surface area contributed by atoms with Crippen molar-refractivity contribution in [2.24, 2.45) is 11.7 Å². The topological polar surface area (TPSA) is 43.1 Å². The summed E-state index contributed by atoms with van der Waals surface area (Å²) in [5, 5.41) is 0.00848. The lowest BCUT2D eigenvalue weighted by atomic mass is 9.84. The molecule has 2 nitrogen and oxygen atoms in total. The van der Waals surface area contributed by atoms with E-state index < -0.39 is 10.8 Å². The molecule has 0 amide bonds. The molecule has 100 valence electrons. The van der Waals surface area contributed by atoms with Gasteiger partial charge in [-0.1, -0.05) is 13.3 Å². The summed E-state index contributed by atoms with van der Waals surface area (Å²) in [6, 6.07) is 5.93. The van der Waals surface area contributed by atoms with Gasteiger partial charge < -0.3 is 5.73 Å². The molecule has 1 aliphatic carbocycles. The van der Waals surface area contributed by atoms with Crippen LogP contribution in [0, 0.1) is 11.7 Å². The molecule has 0 spiro atoms. The summed E-state index contributed by atoms with van der Waals surface area (Å²) in [5.41, 5.74) is 6.10. The van der Waals surface area contributed by atoms with Gasteiger partial charge in [-0.05, 0) is 49.4 Å². The second-order valence-electron chi connectivity index (χ2n) is 5.04. The zero-order valence-electron chi connectivity index (χ0n) is 10.6. The van der Waals surface area contributed by atoms with E-state index in [1.807, 2.05) is 0 Å². The van der Waals surface area contributed by atoms with E-state index in [2.05, 4.69) is 6.92 Å². The lowest BCUT2D eigenvalue weighted by Crippen LogP contribution is -2.42. The van der Waals surface area contributed by atoms with Gasteiger partial charge in [0.25, 0.3) is 0 Å². The molecule has 18 heavy (non-hydrogen) atoms. The Morgan fingerprint density at radius 2 is 2.00 bits per heavy atom. The first-order chi connectivity index (χ1) is 8.61. The number of hydrogen-bond acceptors (Lipinski definition) is 2. The van der Waals surface area contributed by atoms with Gasteiger partial charge in [0.05, 0.1) is 16.0 Å². The average molecular weight is 269 g/mol. The number of halogens is 1. The Hall–Kier alpha value is -0.740. The quantitative estimate of drug-likeness (QED) is 0.917. The van der Waals surface area contributed by atoms with Gasteiger partial charge >= 0.3 is 0 Å². The fourth-order valence-corrected chi connectivity index (χ4v) is 4.25. The third-order valence-corrected chi connectivity index (χ3v) is 5.68. The Morgan fingerprint density at radius 1 is 1.33 bits per heavy atom. The van der Waals surface area contributed by atoms with E-state index in [-0.39, 0.29) is 17.1 Å². The van der Waals surface area contributed by atoms with Crippen LogP contribution in [0.5, 0.6) is 0 Å². The summed E-state index contributed by atoms with van der Waals surface area (Å²) >= 11 is 0. The van der Waals surface area contributed by atoms with Crippen molar-refractivity contribution >= 4 is 10.8 Å².